The van der Waals surface area contributed by atoms with Gasteiger partial charge in [0.25, 0.3) is 0 Å². The maximum atomic E-state index is 13.3. The fourth-order valence-corrected chi connectivity index (χ4v) is 1.68. The molecule has 0 bridgehead atoms. The fraction of sp³-hybridized carbons (Fsp3) is 1.00. The van der Waals surface area contributed by atoms with Crippen molar-refractivity contribution in [3.63, 3.8) is 0 Å². The van der Waals surface area contributed by atoms with Gasteiger partial charge in [0.1, 0.15) is 5.56 Å². The normalized spacial score (nSPS) is 31.2. The SMILES string of the molecule is CCN(CC)N1CC(Cl)OCC1F. The Labute approximate surface area is 83.4 Å². The van der Waals surface area contributed by atoms with E-state index in [0.29, 0.717) is 6.54 Å². The fourth-order valence-electron chi connectivity index (χ4n) is 1.46. The topological polar surface area (TPSA) is 15.7 Å². The highest BCUT2D eigenvalue weighted by Crippen LogP contribution is 2.17. The Morgan fingerprint density at radius 2 is 2.15 bits per heavy atom. The predicted molar refractivity (Wildman–Crippen MR) is 50.1 cm³/mol. The number of hydrazine groups is 1. The number of alkyl halides is 2. The van der Waals surface area contributed by atoms with E-state index in [1.165, 1.54) is 0 Å². The lowest BCUT2D eigenvalue weighted by Crippen LogP contribution is -2.54. The van der Waals surface area contributed by atoms with Crippen LogP contribution in [0.5, 0.6) is 0 Å². The van der Waals surface area contributed by atoms with Crippen molar-refractivity contribution in [2.24, 2.45) is 0 Å². The molecule has 78 valence electrons. The molecule has 0 aromatic carbocycles. The molecule has 13 heavy (non-hydrogen) atoms. The highest BCUT2D eigenvalue weighted by atomic mass is 35.5. The molecule has 0 N–H and O–H groups in total. The van der Waals surface area contributed by atoms with Crippen LogP contribution >= 0.6 is 11.6 Å². The van der Waals surface area contributed by atoms with Gasteiger partial charge in [-0.15, -0.1) is 0 Å². The number of hydrogen-bond donors (Lipinski definition) is 0. The van der Waals surface area contributed by atoms with Gasteiger partial charge in [0.05, 0.1) is 13.2 Å². The molecule has 0 aromatic rings. The van der Waals surface area contributed by atoms with E-state index in [1.54, 1.807) is 5.01 Å². The molecule has 0 spiro atoms. The van der Waals surface area contributed by atoms with E-state index in [2.05, 4.69) is 0 Å². The zero-order valence-electron chi connectivity index (χ0n) is 8.04. The highest BCUT2D eigenvalue weighted by Gasteiger charge is 2.30. The Bertz CT molecular complexity index is 157. The number of halogens is 2. The standard InChI is InChI=1S/C8H16ClFN2O/c1-3-11(4-2)12-5-7(9)13-6-8(12)10/h7-8H,3-6H2,1-2H3. The van der Waals surface area contributed by atoms with Crippen molar-refractivity contribution in [3.8, 4) is 0 Å². The van der Waals surface area contributed by atoms with Crippen molar-refractivity contribution in [1.29, 1.82) is 0 Å². The molecule has 2 unspecified atom stereocenters. The Kier molecular flexibility index (Phi) is 4.38. The molecule has 1 fully saturated rings. The largest absolute Gasteiger partial charge is 0.357 e. The second kappa shape index (κ2) is 5.10. The molecule has 5 heteroatoms. The van der Waals surface area contributed by atoms with Gasteiger partial charge in [-0.05, 0) is 0 Å². The average molecular weight is 211 g/mol. The first-order chi connectivity index (χ1) is 6.19. The first-order valence-corrected chi connectivity index (χ1v) is 5.03. The lowest BCUT2D eigenvalue weighted by molar-refractivity contribution is -0.175. The van der Waals surface area contributed by atoms with E-state index in [0.717, 1.165) is 13.1 Å². The smallest absolute Gasteiger partial charge is 0.189 e. The Hall–Kier alpha value is 0.1000. The molecule has 0 radical (unpaired) electrons. The summed E-state index contributed by atoms with van der Waals surface area (Å²) in [6.07, 6.45) is -1.06. The zero-order chi connectivity index (χ0) is 9.84. The van der Waals surface area contributed by atoms with Gasteiger partial charge in [-0.3, -0.25) is 0 Å². The van der Waals surface area contributed by atoms with E-state index in [9.17, 15) is 4.39 Å². The lowest BCUT2D eigenvalue weighted by Gasteiger charge is -2.39. The van der Waals surface area contributed by atoms with E-state index in [1.807, 2.05) is 18.9 Å². The minimum atomic E-state index is -1.06. The summed E-state index contributed by atoms with van der Waals surface area (Å²) >= 11 is 5.78. The third kappa shape index (κ3) is 2.77. The number of ether oxygens (including phenoxy) is 1. The van der Waals surface area contributed by atoms with Crippen molar-refractivity contribution in [3.05, 3.63) is 0 Å². The van der Waals surface area contributed by atoms with Gasteiger partial charge in [0.15, 0.2) is 6.30 Å². The molecule has 1 heterocycles. The van der Waals surface area contributed by atoms with E-state index in [-0.39, 0.29) is 6.61 Å². The van der Waals surface area contributed by atoms with Gasteiger partial charge >= 0.3 is 0 Å². The Morgan fingerprint density at radius 1 is 1.54 bits per heavy atom. The molecule has 1 aliphatic rings. The summed E-state index contributed by atoms with van der Waals surface area (Å²) in [5.41, 5.74) is -0.396. The summed E-state index contributed by atoms with van der Waals surface area (Å²) in [5, 5.41) is 3.57. The molecule has 1 saturated heterocycles. The molecule has 0 aromatic heterocycles. The van der Waals surface area contributed by atoms with Crippen LogP contribution in [0.2, 0.25) is 0 Å². The van der Waals surface area contributed by atoms with Crippen LogP contribution in [0, 0.1) is 0 Å². The molecular formula is C8H16ClFN2O. The summed E-state index contributed by atoms with van der Waals surface area (Å²) < 4.78 is 18.3. The monoisotopic (exact) mass is 210 g/mol. The zero-order valence-corrected chi connectivity index (χ0v) is 8.80. The summed E-state index contributed by atoms with van der Waals surface area (Å²) in [6, 6.07) is 0. The van der Waals surface area contributed by atoms with Gasteiger partial charge in [0.2, 0.25) is 0 Å². The molecule has 1 aliphatic heterocycles. The van der Waals surface area contributed by atoms with E-state index >= 15 is 0 Å². The van der Waals surface area contributed by atoms with Crippen molar-refractivity contribution < 1.29 is 9.13 Å². The quantitative estimate of drug-likeness (QED) is 0.518. The molecule has 0 saturated carbocycles. The van der Waals surface area contributed by atoms with Gasteiger partial charge in [-0.25, -0.2) is 14.4 Å². The van der Waals surface area contributed by atoms with Gasteiger partial charge in [-0.1, -0.05) is 25.4 Å². The molecule has 1 rings (SSSR count). The van der Waals surface area contributed by atoms with Crippen LogP contribution in [-0.2, 0) is 4.74 Å². The van der Waals surface area contributed by atoms with Crippen LogP contribution in [0.3, 0.4) is 0 Å². The lowest BCUT2D eigenvalue weighted by atomic mass is 10.4. The first kappa shape index (κ1) is 11.2. The minimum Gasteiger partial charge on any atom is -0.357 e. The van der Waals surface area contributed by atoms with Crippen molar-refractivity contribution in [2.45, 2.75) is 25.7 Å². The van der Waals surface area contributed by atoms with Crippen LogP contribution in [0.25, 0.3) is 0 Å². The van der Waals surface area contributed by atoms with Crippen molar-refractivity contribution in [1.82, 2.24) is 10.0 Å². The maximum absolute atomic E-state index is 13.3. The number of hydrogen-bond acceptors (Lipinski definition) is 3. The van der Waals surface area contributed by atoms with Crippen molar-refractivity contribution in [2.75, 3.05) is 26.2 Å². The maximum Gasteiger partial charge on any atom is 0.189 e. The number of rotatable bonds is 3. The molecule has 0 aliphatic carbocycles. The van der Waals surface area contributed by atoms with E-state index < -0.39 is 11.9 Å². The second-order valence-corrected chi connectivity index (χ2v) is 3.43. The summed E-state index contributed by atoms with van der Waals surface area (Å²) in [7, 11) is 0. The van der Waals surface area contributed by atoms with Crippen LogP contribution in [0.15, 0.2) is 0 Å². The molecule has 0 amide bonds. The van der Waals surface area contributed by atoms with E-state index in [4.69, 9.17) is 16.3 Å². The summed E-state index contributed by atoms with van der Waals surface area (Å²) in [5.74, 6) is 0. The first-order valence-electron chi connectivity index (χ1n) is 4.60. The Balaban J connectivity index is 2.53. The molecule has 3 nitrogen and oxygen atoms in total. The average Bonchev–Trinajstić information content (AvgIpc) is 2.13. The highest BCUT2D eigenvalue weighted by molar-refractivity contribution is 6.19. The van der Waals surface area contributed by atoms with Crippen LogP contribution in [0.1, 0.15) is 13.8 Å². The second-order valence-electron chi connectivity index (χ2n) is 2.94. The molecule has 2 atom stereocenters. The number of nitrogens with zero attached hydrogens (tertiary/aromatic N) is 2. The van der Waals surface area contributed by atoms with Gasteiger partial charge < -0.3 is 4.74 Å². The predicted octanol–water partition coefficient (Wildman–Crippen LogP) is 1.44. The van der Waals surface area contributed by atoms with Crippen LogP contribution in [0.4, 0.5) is 4.39 Å². The third-order valence-electron chi connectivity index (χ3n) is 2.16. The third-order valence-corrected chi connectivity index (χ3v) is 2.43. The van der Waals surface area contributed by atoms with Gasteiger partial charge in [-0.2, -0.15) is 0 Å². The van der Waals surface area contributed by atoms with Crippen molar-refractivity contribution >= 4 is 11.6 Å². The molecular weight excluding hydrogens is 195 g/mol. The van der Waals surface area contributed by atoms with Crippen LogP contribution in [-0.4, -0.2) is 48.1 Å². The van der Waals surface area contributed by atoms with Gasteiger partial charge in [0, 0.05) is 13.1 Å². The minimum absolute atomic E-state index is 0.0602. The van der Waals surface area contributed by atoms with Crippen LogP contribution < -0.4 is 0 Å². The number of morpholine rings is 1. The summed E-state index contributed by atoms with van der Waals surface area (Å²) in [6.45, 7) is 6.06. The summed E-state index contributed by atoms with van der Waals surface area (Å²) in [4.78, 5) is 0. The Morgan fingerprint density at radius 3 is 2.69 bits per heavy atom.